The lowest BCUT2D eigenvalue weighted by molar-refractivity contribution is 0.0894. The molecule has 5 nitrogen and oxygen atoms in total. The molecule has 1 aromatic heterocycles. The number of nitrogens with one attached hydrogen (secondary N) is 2. The number of halogens is 1. The summed E-state index contributed by atoms with van der Waals surface area (Å²) in [5, 5.41) is 10.8. The maximum atomic E-state index is 12.5. The van der Waals surface area contributed by atoms with Crippen molar-refractivity contribution in [3.63, 3.8) is 0 Å². The number of H-pyrrole nitrogens is 1. The number of hydrogen-bond acceptors (Lipinski definition) is 3. The molecule has 0 radical (unpaired) electrons. The first-order chi connectivity index (χ1) is 9.84. The molecule has 114 valence electrons. The Labute approximate surface area is 132 Å². The minimum Gasteiger partial charge on any atom is -0.344 e. The standard InChI is InChI=1S/C15H21BrN4O/c1-9(2)7-15(3,8-17)18-14(21)13-11-6-10(16)4-5-12(11)19-20-13/h4-6,9H,7-8,17H2,1-3H3,(H,18,21)(H,19,20). The van der Waals surface area contributed by atoms with Gasteiger partial charge in [-0.15, -0.1) is 0 Å². The molecule has 0 aliphatic heterocycles. The third-order valence-electron chi connectivity index (χ3n) is 3.46. The first kappa shape index (κ1) is 16.0. The van der Waals surface area contributed by atoms with E-state index in [9.17, 15) is 4.79 Å². The van der Waals surface area contributed by atoms with Crippen LogP contribution in [0.15, 0.2) is 22.7 Å². The lowest BCUT2D eigenvalue weighted by atomic mass is 9.90. The molecule has 6 heteroatoms. The van der Waals surface area contributed by atoms with Crippen LogP contribution in [-0.4, -0.2) is 28.2 Å². The van der Waals surface area contributed by atoms with Crippen molar-refractivity contribution in [1.82, 2.24) is 15.5 Å². The predicted molar refractivity (Wildman–Crippen MR) is 88.2 cm³/mol. The van der Waals surface area contributed by atoms with Crippen LogP contribution in [0.1, 0.15) is 37.7 Å². The van der Waals surface area contributed by atoms with Crippen molar-refractivity contribution in [2.75, 3.05) is 6.54 Å². The summed E-state index contributed by atoms with van der Waals surface area (Å²) in [5.74, 6) is 0.247. The van der Waals surface area contributed by atoms with Crippen LogP contribution in [0.5, 0.6) is 0 Å². The molecule has 4 N–H and O–H groups in total. The fourth-order valence-corrected chi connectivity index (χ4v) is 2.94. The number of rotatable bonds is 5. The first-order valence-electron chi connectivity index (χ1n) is 7.01. The summed E-state index contributed by atoms with van der Waals surface area (Å²) in [4.78, 5) is 12.5. The van der Waals surface area contributed by atoms with E-state index in [2.05, 4.69) is 45.3 Å². The third kappa shape index (κ3) is 3.63. The van der Waals surface area contributed by atoms with Gasteiger partial charge in [0.1, 0.15) is 0 Å². The molecule has 0 spiro atoms. The Hall–Kier alpha value is -1.40. The van der Waals surface area contributed by atoms with Crippen LogP contribution in [0, 0.1) is 5.92 Å². The Kier molecular flexibility index (Phi) is 4.68. The molecule has 0 saturated carbocycles. The summed E-state index contributed by atoms with van der Waals surface area (Å²) in [5.41, 5.74) is 6.65. The zero-order chi connectivity index (χ0) is 15.6. The number of benzene rings is 1. The predicted octanol–water partition coefficient (Wildman–Crippen LogP) is 2.82. The zero-order valence-corrected chi connectivity index (χ0v) is 14.1. The molecule has 2 rings (SSSR count). The van der Waals surface area contributed by atoms with E-state index in [0.29, 0.717) is 18.2 Å². The highest BCUT2D eigenvalue weighted by Crippen LogP contribution is 2.22. The molecule has 1 heterocycles. The molecule has 21 heavy (non-hydrogen) atoms. The monoisotopic (exact) mass is 352 g/mol. The topological polar surface area (TPSA) is 83.8 Å². The quantitative estimate of drug-likeness (QED) is 0.773. The highest BCUT2D eigenvalue weighted by molar-refractivity contribution is 9.10. The van der Waals surface area contributed by atoms with Gasteiger partial charge in [-0.25, -0.2) is 0 Å². The van der Waals surface area contributed by atoms with E-state index in [0.717, 1.165) is 21.8 Å². The van der Waals surface area contributed by atoms with Crippen molar-refractivity contribution in [2.24, 2.45) is 11.7 Å². The largest absolute Gasteiger partial charge is 0.344 e. The summed E-state index contributed by atoms with van der Waals surface area (Å²) in [6, 6.07) is 5.68. The third-order valence-corrected chi connectivity index (χ3v) is 3.96. The second-order valence-electron chi connectivity index (χ2n) is 6.08. The number of fused-ring (bicyclic) bond motifs is 1. The van der Waals surface area contributed by atoms with Gasteiger partial charge in [-0.1, -0.05) is 29.8 Å². The van der Waals surface area contributed by atoms with E-state index < -0.39 is 5.54 Å². The van der Waals surface area contributed by atoms with Gasteiger partial charge < -0.3 is 11.1 Å². The van der Waals surface area contributed by atoms with Crippen molar-refractivity contribution in [2.45, 2.75) is 32.7 Å². The number of nitrogens with two attached hydrogens (primary N) is 1. The van der Waals surface area contributed by atoms with E-state index in [1.165, 1.54) is 0 Å². The van der Waals surface area contributed by atoms with Gasteiger partial charge in [-0.2, -0.15) is 5.10 Å². The number of aromatic nitrogens is 2. The number of nitrogens with zero attached hydrogens (tertiary/aromatic N) is 1. The van der Waals surface area contributed by atoms with Gasteiger partial charge in [0.25, 0.3) is 5.91 Å². The van der Waals surface area contributed by atoms with Gasteiger partial charge >= 0.3 is 0 Å². The van der Waals surface area contributed by atoms with Crippen LogP contribution in [0.2, 0.25) is 0 Å². The van der Waals surface area contributed by atoms with Gasteiger partial charge in [-0.3, -0.25) is 9.89 Å². The van der Waals surface area contributed by atoms with Gasteiger partial charge in [0.15, 0.2) is 5.69 Å². The van der Waals surface area contributed by atoms with Crippen molar-refractivity contribution in [3.05, 3.63) is 28.4 Å². The van der Waals surface area contributed by atoms with Gasteiger partial charge in [0.2, 0.25) is 0 Å². The van der Waals surface area contributed by atoms with E-state index in [1.54, 1.807) is 0 Å². The highest BCUT2D eigenvalue weighted by Gasteiger charge is 2.28. The summed E-state index contributed by atoms with van der Waals surface area (Å²) < 4.78 is 0.911. The first-order valence-corrected chi connectivity index (χ1v) is 7.80. The average molecular weight is 353 g/mol. The lowest BCUT2D eigenvalue weighted by Crippen LogP contribution is -2.52. The van der Waals surface area contributed by atoms with Crippen LogP contribution in [0.3, 0.4) is 0 Å². The highest BCUT2D eigenvalue weighted by atomic mass is 79.9. The molecule has 0 aliphatic rings. The summed E-state index contributed by atoms with van der Waals surface area (Å²) in [7, 11) is 0. The van der Waals surface area contributed by atoms with E-state index in [1.807, 2.05) is 25.1 Å². The second kappa shape index (κ2) is 6.15. The van der Waals surface area contributed by atoms with Crippen LogP contribution in [-0.2, 0) is 0 Å². The lowest BCUT2D eigenvalue weighted by Gasteiger charge is -2.30. The minimum absolute atomic E-state index is 0.201. The van der Waals surface area contributed by atoms with Gasteiger partial charge in [0.05, 0.1) is 11.1 Å². The maximum Gasteiger partial charge on any atom is 0.272 e. The molecule has 0 fully saturated rings. The number of aromatic amines is 1. The Bertz CT molecular complexity index is 652. The Morgan fingerprint density at radius 2 is 2.24 bits per heavy atom. The minimum atomic E-state index is -0.428. The zero-order valence-electron chi connectivity index (χ0n) is 12.5. The summed E-state index contributed by atoms with van der Waals surface area (Å²) >= 11 is 3.41. The van der Waals surface area contributed by atoms with E-state index in [4.69, 9.17) is 5.73 Å². The molecule has 0 aliphatic carbocycles. The molecule has 1 amide bonds. The second-order valence-corrected chi connectivity index (χ2v) is 6.99. The Balaban J connectivity index is 2.28. The molecule has 1 unspecified atom stereocenters. The van der Waals surface area contributed by atoms with E-state index >= 15 is 0 Å². The molecular formula is C15H21BrN4O. The number of carbonyl (C=O) groups is 1. The number of carbonyl (C=O) groups excluding carboxylic acids is 1. The Morgan fingerprint density at radius 3 is 2.86 bits per heavy atom. The molecular weight excluding hydrogens is 332 g/mol. The average Bonchev–Trinajstić information content (AvgIpc) is 2.80. The van der Waals surface area contributed by atoms with Crippen LogP contribution >= 0.6 is 15.9 Å². The fraction of sp³-hybridized carbons (Fsp3) is 0.467. The van der Waals surface area contributed by atoms with Crippen molar-refractivity contribution < 1.29 is 4.79 Å². The van der Waals surface area contributed by atoms with Crippen molar-refractivity contribution in [1.29, 1.82) is 0 Å². The number of amides is 1. The Morgan fingerprint density at radius 1 is 1.52 bits per heavy atom. The van der Waals surface area contributed by atoms with E-state index in [-0.39, 0.29) is 5.91 Å². The molecule has 1 atom stereocenters. The smallest absolute Gasteiger partial charge is 0.272 e. The van der Waals surface area contributed by atoms with Crippen molar-refractivity contribution in [3.8, 4) is 0 Å². The number of hydrogen-bond donors (Lipinski definition) is 3. The molecule has 0 saturated heterocycles. The SMILES string of the molecule is CC(C)CC(C)(CN)NC(=O)c1n[nH]c2ccc(Br)cc12. The van der Waals surface area contributed by atoms with Crippen molar-refractivity contribution >= 4 is 32.7 Å². The van der Waals surface area contributed by atoms with Gasteiger partial charge in [-0.05, 0) is 37.5 Å². The van der Waals surface area contributed by atoms with Crippen LogP contribution < -0.4 is 11.1 Å². The normalized spacial score (nSPS) is 14.4. The van der Waals surface area contributed by atoms with Gasteiger partial charge in [0, 0.05) is 16.4 Å². The maximum absolute atomic E-state index is 12.5. The summed E-state index contributed by atoms with van der Waals surface area (Å²) in [6.07, 6.45) is 0.821. The fourth-order valence-electron chi connectivity index (χ4n) is 2.58. The molecule has 1 aromatic carbocycles. The molecule has 2 aromatic rings. The van der Waals surface area contributed by atoms with Crippen LogP contribution in [0.25, 0.3) is 10.9 Å². The van der Waals surface area contributed by atoms with Crippen LogP contribution in [0.4, 0.5) is 0 Å². The molecule has 0 bridgehead atoms. The summed E-state index contributed by atoms with van der Waals surface area (Å²) in [6.45, 7) is 6.58.